The molecule has 17 heavy (non-hydrogen) atoms. The van der Waals surface area contributed by atoms with Crippen molar-refractivity contribution >= 4 is 5.78 Å². The Morgan fingerprint density at radius 1 is 1.41 bits per heavy atom. The summed E-state index contributed by atoms with van der Waals surface area (Å²) in [6.07, 6.45) is 0.562. The minimum Gasteiger partial charge on any atom is -0.370 e. The van der Waals surface area contributed by atoms with Crippen molar-refractivity contribution in [2.75, 3.05) is 32.7 Å². The van der Waals surface area contributed by atoms with Gasteiger partial charge in [-0.25, -0.2) is 0 Å². The Balaban J connectivity index is 0.00000144. The third-order valence-electron chi connectivity index (χ3n) is 3.43. The van der Waals surface area contributed by atoms with Gasteiger partial charge < -0.3 is 21.8 Å². The molecule has 0 aromatic rings. The molecule has 2 unspecified atom stereocenters. The van der Waals surface area contributed by atoms with Crippen LogP contribution in [0.25, 0.3) is 0 Å². The van der Waals surface area contributed by atoms with Gasteiger partial charge in [0.05, 0.1) is 12.2 Å². The summed E-state index contributed by atoms with van der Waals surface area (Å²) in [7, 11) is 0. The Kier molecular flexibility index (Phi) is 5.18. The molecule has 0 aliphatic carbocycles. The number of Topliss-reactive ketones (excluding diaryl/α,β-unsaturated/α-hetero) is 1. The number of carbonyl (C=O) groups excluding carboxylic acids is 1. The van der Waals surface area contributed by atoms with Gasteiger partial charge in [0.2, 0.25) is 0 Å². The Morgan fingerprint density at radius 2 is 1.94 bits per heavy atom. The van der Waals surface area contributed by atoms with Gasteiger partial charge in [-0.2, -0.15) is 0 Å². The van der Waals surface area contributed by atoms with Gasteiger partial charge in [-0.15, -0.1) is 0 Å². The number of hydrogen-bond donors (Lipinski definition) is 1. The standard InChI is InChI=1S/C12H21N2O2.Pd/c1-9(15)12(2,3)8-14-6-10-4-13-5-11(7-14)16-10;/h10-11,13H,1,4-8H2,2-3H3;/q-1;. The van der Waals surface area contributed by atoms with Crippen LogP contribution in [0.5, 0.6) is 0 Å². The van der Waals surface area contributed by atoms with Crippen LogP contribution in [0.2, 0.25) is 0 Å². The van der Waals surface area contributed by atoms with Crippen LogP contribution >= 0.6 is 0 Å². The van der Waals surface area contributed by atoms with E-state index in [1.807, 2.05) is 13.8 Å². The van der Waals surface area contributed by atoms with Crippen LogP contribution < -0.4 is 5.32 Å². The summed E-state index contributed by atoms with van der Waals surface area (Å²) >= 11 is 0. The third-order valence-corrected chi connectivity index (χ3v) is 3.43. The van der Waals surface area contributed by atoms with Gasteiger partial charge >= 0.3 is 0 Å². The zero-order chi connectivity index (χ0) is 11.8. The summed E-state index contributed by atoms with van der Waals surface area (Å²) in [4.78, 5) is 13.7. The molecule has 2 saturated heterocycles. The molecular formula is C12H21N2O2Pd-. The van der Waals surface area contributed by atoms with Crippen molar-refractivity contribution < 1.29 is 30.0 Å². The van der Waals surface area contributed by atoms with E-state index >= 15 is 0 Å². The first-order chi connectivity index (χ1) is 7.47. The molecule has 2 heterocycles. The van der Waals surface area contributed by atoms with Gasteiger partial charge in [0.25, 0.3) is 0 Å². The van der Waals surface area contributed by atoms with Crippen molar-refractivity contribution in [1.82, 2.24) is 10.2 Å². The topological polar surface area (TPSA) is 41.6 Å². The molecule has 2 aliphatic heterocycles. The summed E-state index contributed by atoms with van der Waals surface area (Å²) in [6.45, 7) is 11.9. The van der Waals surface area contributed by atoms with E-state index < -0.39 is 0 Å². The van der Waals surface area contributed by atoms with Crippen molar-refractivity contribution in [2.45, 2.75) is 26.1 Å². The quantitative estimate of drug-likeness (QED) is 0.588. The molecule has 2 bridgehead atoms. The van der Waals surface area contributed by atoms with Crippen LogP contribution in [0.3, 0.4) is 0 Å². The smallest absolute Gasteiger partial charge is 0.0831 e. The molecule has 2 aliphatic rings. The van der Waals surface area contributed by atoms with E-state index in [4.69, 9.17) is 4.74 Å². The molecule has 2 rings (SSSR count). The van der Waals surface area contributed by atoms with E-state index in [0.29, 0.717) is 0 Å². The second kappa shape index (κ2) is 5.82. The van der Waals surface area contributed by atoms with Crippen molar-refractivity contribution in [3.8, 4) is 0 Å². The van der Waals surface area contributed by atoms with Gasteiger partial charge in [0.1, 0.15) is 0 Å². The number of nitrogens with zero attached hydrogens (tertiary/aromatic N) is 1. The maximum absolute atomic E-state index is 11.4. The number of ketones is 1. The average molecular weight is 332 g/mol. The molecule has 2 fully saturated rings. The molecule has 0 amide bonds. The van der Waals surface area contributed by atoms with E-state index in [1.165, 1.54) is 0 Å². The molecule has 4 nitrogen and oxygen atoms in total. The molecule has 0 saturated carbocycles. The first-order valence-corrected chi connectivity index (χ1v) is 5.92. The zero-order valence-electron chi connectivity index (χ0n) is 10.5. The van der Waals surface area contributed by atoms with Gasteiger partial charge in [0.15, 0.2) is 0 Å². The van der Waals surface area contributed by atoms with E-state index in [-0.39, 0.29) is 43.8 Å². The number of morpholine rings is 2. The van der Waals surface area contributed by atoms with Crippen LogP contribution in [0.4, 0.5) is 0 Å². The fourth-order valence-corrected chi connectivity index (χ4v) is 2.42. The van der Waals surface area contributed by atoms with Crippen molar-refractivity contribution in [1.29, 1.82) is 0 Å². The zero-order valence-corrected chi connectivity index (χ0v) is 12.0. The minimum absolute atomic E-state index is 0. The maximum atomic E-state index is 11.4. The van der Waals surface area contributed by atoms with Crippen LogP contribution in [0.15, 0.2) is 0 Å². The first kappa shape index (κ1) is 15.1. The van der Waals surface area contributed by atoms with Gasteiger partial charge in [-0.05, 0) is 0 Å². The summed E-state index contributed by atoms with van der Waals surface area (Å²) in [5.41, 5.74) is -0.348. The molecule has 0 spiro atoms. The number of hydrogen-bond acceptors (Lipinski definition) is 4. The number of ether oxygens (including phenoxy) is 1. The SMILES string of the molecule is [CH2-]C(=O)C(C)(C)CN1CC2CNCC(C1)O2.[Pd]. The molecule has 2 atom stereocenters. The molecular weight excluding hydrogens is 311 g/mol. The fourth-order valence-electron chi connectivity index (χ4n) is 2.42. The fraction of sp³-hybridized carbons (Fsp3) is 0.833. The van der Waals surface area contributed by atoms with Crippen LogP contribution in [0, 0.1) is 12.3 Å². The van der Waals surface area contributed by atoms with Crippen LogP contribution in [-0.4, -0.2) is 55.6 Å². The predicted octanol–water partition coefficient (Wildman–Crippen LogP) is 0.0859. The number of fused-ring (bicyclic) bond motifs is 2. The largest absolute Gasteiger partial charge is 0.370 e. The molecule has 5 heteroatoms. The van der Waals surface area contributed by atoms with Crippen molar-refractivity contribution in [2.24, 2.45) is 5.41 Å². The number of nitrogens with one attached hydrogen (secondary N) is 1. The van der Waals surface area contributed by atoms with Gasteiger partial charge in [-0.1, -0.05) is 13.8 Å². The molecule has 1 N–H and O–H groups in total. The summed E-state index contributed by atoms with van der Waals surface area (Å²) in [6, 6.07) is 0. The molecule has 0 aromatic heterocycles. The number of rotatable bonds is 3. The molecule has 0 radical (unpaired) electrons. The van der Waals surface area contributed by atoms with Gasteiger partial charge in [0, 0.05) is 64.3 Å². The van der Waals surface area contributed by atoms with E-state index in [1.54, 1.807) is 0 Å². The Morgan fingerprint density at radius 3 is 2.41 bits per heavy atom. The monoisotopic (exact) mass is 331 g/mol. The Hall–Kier alpha value is 0.0823. The van der Waals surface area contributed by atoms with Crippen LogP contribution in [-0.2, 0) is 30.0 Å². The van der Waals surface area contributed by atoms with E-state index in [2.05, 4.69) is 17.1 Å². The maximum Gasteiger partial charge on any atom is 0.0831 e. The predicted molar refractivity (Wildman–Crippen MR) is 62.1 cm³/mol. The summed E-state index contributed by atoms with van der Waals surface area (Å²) in [5, 5.41) is 3.36. The van der Waals surface area contributed by atoms with E-state index in [0.717, 1.165) is 32.7 Å². The average Bonchev–Trinajstić information content (AvgIpc) is 2.15. The second-order valence-electron chi connectivity index (χ2n) is 5.54. The molecule has 0 aromatic carbocycles. The van der Waals surface area contributed by atoms with Crippen molar-refractivity contribution in [3.63, 3.8) is 0 Å². The number of carbonyl (C=O) groups is 1. The first-order valence-electron chi connectivity index (χ1n) is 5.92. The van der Waals surface area contributed by atoms with E-state index in [9.17, 15) is 4.79 Å². The van der Waals surface area contributed by atoms with Gasteiger partial charge in [-0.3, -0.25) is 4.90 Å². The van der Waals surface area contributed by atoms with Crippen LogP contribution in [0.1, 0.15) is 13.8 Å². The van der Waals surface area contributed by atoms with Crippen molar-refractivity contribution in [3.05, 3.63) is 6.92 Å². The minimum atomic E-state index is -0.348. The summed E-state index contributed by atoms with van der Waals surface area (Å²) in [5.74, 6) is 0.0160. The Labute approximate surface area is 117 Å². The summed E-state index contributed by atoms with van der Waals surface area (Å²) < 4.78 is 5.82. The third kappa shape index (κ3) is 3.77. The Bertz CT molecular complexity index is 272. The molecule has 102 valence electrons. The second-order valence-corrected chi connectivity index (χ2v) is 5.54. The normalized spacial score (nSPS) is 29.5.